The van der Waals surface area contributed by atoms with E-state index < -0.39 is 6.10 Å². The monoisotopic (exact) mass is 871 g/mol. The van der Waals surface area contributed by atoms with E-state index in [1.807, 2.05) is 12.2 Å². The smallest absolute Gasteiger partial charge is 0.306 e. The molecule has 63 heavy (non-hydrogen) atoms. The van der Waals surface area contributed by atoms with Gasteiger partial charge < -0.3 is 14.2 Å². The van der Waals surface area contributed by atoms with Crippen LogP contribution in [-0.4, -0.2) is 37.2 Å². The van der Waals surface area contributed by atoms with E-state index in [0.29, 0.717) is 12.8 Å². The predicted molar refractivity (Wildman–Crippen MR) is 269 cm³/mol. The molecule has 6 heteroatoms. The van der Waals surface area contributed by atoms with Gasteiger partial charge in [0.1, 0.15) is 13.2 Å². The second-order valence-corrected chi connectivity index (χ2v) is 16.0. The van der Waals surface area contributed by atoms with Crippen molar-refractivity contribution < 1.29 is 28.6 Å². The first kappa shape index (κ1) is 58.8. The maximum absolute atomic E-state index is 12.8. The van der Waals surface area contributed by atoms with Crippen LogP contribution < -0.4 is 0 Å². The second kappa shape index (κ2) is 50.5. The highest BCUT2D eigenvalue weighted by Gasteiger charge is 2.19. The molecule has 0 aliphatic rings. The summed E-state index contributed by atoms with van der Waals surface area (Å²) in [4.78, 5) is 37.9. The molecule has 0 fully saturated rings. The first-order chi connectivity index (χ1) is 31.0. The van der Waals surface area contributed by atoms with Gasteiger partial charge in [-0.2, -0.15) is 0 Å². The SMILES string of the molecule is CC/C=C\C/C=C\C/C=C\C/C=C\C/C=C\C/C=C\CCC(=O)OCC(COC(=O)CCCCCCC/C=C\C/C=C\CCC)OC(=O)CCCCCCC/C=C\C/C=C\CCC. The third-order valence-corrected chi connectivity index (χ3v) is 9.90. The minimum absolute atomic E-state index is 0.118. The molecule has 0 rings (SSSR count). The molecular weight excluding hydrogens is 781 g/mol. The van der Waals surface area contributed by atoms with E-state index in [0.717, 1.165) is 141 Å². The number of hydrogen-bond donors (Lipinski definition) is 0. The molecule has 0 aliphatic carbocycles. The molecule has 354 valence electrons. The normalized spacial score (nSPS) is 13.1. The molecule has 0 N–H and O–H groups in total. The first-order valence-corrected chi connectivity index (χ1v) is 25.0. The Bertz CT molecular complexity index is 1370. The lowest BCUT2D eigenvalue weighted by molar-refractivity contribution is -0.166. The topological polar surface area (TPSA) is 78.9 Å². The van der Waals surface area contributed by atoms with Crippen LogP contribution in [0.4, 0.5) is 0 Å². The molecular formula is C57H90O6. The van der Waals surface area contributed by atoms with Crippen molar-refractivity contribution in [1.29, 1.82) is 0 Å². The third kappa shape index (κ3) is 48.7. The van der Waals surface area contributed by atoms with Gasteiger partial charge in [-0.25, -0.2) is 0 Å². The van der Waals surface area contributed by atoms with Crippen LogP contribution in [0.15, 0.2) is 122 Å². The molecule has 0 saturated carbocycles. The van der Waals surface area contributed by atoms with Crippen molar-refractivity contribution in [2.45, 2.75) is 207 Å². The summed E-state index contributed by atoms with van der Waals surface area (Å²) in [5.41, 5.74) is 0. The van der Waals surface area contributed by atoms with Crippen LogP contribution in [0.5, 0.6) is 0 Å². The van der Waals surface area contributed by atoms with E-state index in [-0.39, 0.29) is 44.0 Å². The van der Waals surface area contributed by atoms with Crippen molar-refractivity contribution in [3.63, 3.8) is 0 Å². The molecule has 0 spiro atoms. The van der Waals surface area contributed by atoms with Crippen molar-refractivity contribution >= 4 is 17.9 Å². The van der Waals surface area contributed by atoms with Crippen molar-refractivity contribution in [3.8, 4) is 0 Å². The zero-order chi connectivity index (χ0) is 45.8. The van der Waals surface area contributed by atoms with E-state index in [4.69, 9.17) is 14.2 Å². The molecule has 0 saturated heterocycles. The van der Waals surface area contributed by atoms with E-state index in [2.05, 4.69) is 130 Å². The predicted octanol–water partition coefficient (Wildman–Crippen LogP) is 16.5. The van der Waals surface area contributed by atoms with Gasteiger partial charge in [0.2, 0.25) is 0 Å². The maximum atomic E-state index is 12.8. The van der Waals surface area contributed by atoms with Gasteiger partial charge in [0.05, 0.1) is 0 Å². The van der Waals surface area contributed by atoms with Gasteiger partial charge >= 0.3 is 17.9 Å². The Morgan fingerprint density at radius 2 is 0.651 bits per heavy atom. The van der Waals surface area contributed by atoms with Crippen molar-refractivity contribution in [3.05, 3.63) is 122 Å². The lowest BCUT2D eigenvalue weighted by Gasteiger charge is -2.18. The van der Waals surface area contributed by atoms with Crippen molar-refractivity contribution in [2.75, 3.05) is 13.2 Å². The second-order valence-electron chi connectivity index (χ2n) is 16.0. The summed E-state index contributed by atoms with van der Waals surface area (Å²) in [6, 6.07) is 0. The fourth-order valence-electron chi connectivity index (χ4n) is 6.19. The molecule has 0 aromatic carbocycles. The van der Waals surface area contributed by atoms with Gasteiger partial charge in [-0.15, -0.1) is 0 Å². The number of hydrogen-bond acceptors (Lipinski definition) is 6. The molecule has 0 radical (unpaired) electrons. The standard InChI is InChI=1S/C57H90O6/c1-4-7-10-13-16-19-22-25-26-27-28-29-30-33-35-38-41-44-47-50-56(59)62-53-54(63-57(60)51-48-45-42-39-36-32-24-21-18-15-12-9-6-3)52-61-55(58)49-46-43-40-37-34-31-23-20-17-14-11-8-5-2/h7,10-12,14-16,19-21,23-26,28-29,33,35,41,44,54H,4-6,8-9,13,17-18,22,27,30-32,34,36-40,42-43,45-53H2,1-3H3/b10-7-,14-11-,15-12-,19-16-,23-20-,24-21-,26-25-,29-28-,35-33-,44-41-. The summed E-state index contributed by atoms with van der Waals surface area (Å²) in [6.45, 7) is 6.28. The average Bonchev–Trinajstić information content (AvgIpc) is 3.28. The van der Waals surface area contributed by atoms with Gasteiger partial charge in [-0.05, 0) is 109 Å². The summed E-state index contributed by atoms with van der Waals surface area (Å²) in [5.74, 6) is -1.04. The quantitative estimate of drug-likeness (QED) is 0.0263. The number of unbranched alkanes of at least 4 members (excludes halogenated alkanes) is 12. The number of carbonyl (C=O) groups excluding carboxylic acids is 3. The van der Waals surface area contributed by atoms with Crippen LogP contribution in [-0.2, 0) is 28.6 Å². The molecule has 0 aliphatic heterocycles. The van der Waals surface area contributed by atoms with E-state index in [1.54, 1.807) is 0 Å². The zero-order valence-corrected chi connectivity index (χ0v) is 40.3. The number of carbonyl (C=O) groups is 3. The maximum Gasteiger partial charge on any atom is 0.306 e. The molecule has 0 bridgehead atoms. The van der Waals surface area contributed by atoms with E-state index in [1.165, 1.54) is 12.8 Å². The summed E-state index contributed by atoms with van der Waals surface area (Å²) in [6.07, 6.45) is 69.0. The highest BCUT2D eigenvalue weighted by Crippen LogP contribution is 2.12. The van der Waals surface area contributed by atoms with Crippen LogP contribution in [0.1, 0.15) is 201 Å². The van der Waals surface area contributed by atoms with Crippen LogP contribution in [0, 0.1) is 0 Å². The highest BCUT2D eigenvalue weighted by molar-refractivity contribution is 5.71. The largest absolute Gasteiger partial charge is 0.462 e. The summed E-state index contributed by atoms with van der Waals surface area (Å²) in [7, 11) is 0. The van der Waals surface area contributed by atoms with Gasteiger partial charge in [0.25, 0.3) is 0 Å². The Morgan fingerprint density at radius 1 is 0.333 bits per heavy atom. The van der Waals surface area contributed by atoms with Gasteiger partial charge in [-0.3, -0.25) is 14.4 Å². The minimum atomic E-state index is -0.824. The zero-order valence-electron chi connectivity index (χ0n) is 40.3. The number of rotatable bonds is 43. The third-order valence-electron chi connectivity index (χ3n) is 9.90. The van der Waals surface area contributed by atoms with E-state index >= 15 is 0 Å². The lowest BCUT2D eigenvalue weighted by Crippen LogP contribution is -2.30. The Labute approximate surface area is 386 Å². The van der Waals surface area contributed by atoms with Crippen LogP contribution in [0.25, 0.3) is 0 Å². The number of allylic oxidation sites excluding steroid dienone is 20. The Kier molecular flexibility index (Phi) is 47.1. The van der Waals surface area contributed by atoms with Gasteiger partial charge in [0, 0.05) is 19.3 Å². The average molecular weight is 871 g/mol. The molecule has 0 amide bonds. The van der Waals surface area contributed by atoms with Crippen molar-refractivity contribution in [2.24, 2.45) is 0 Å². The molecule has 1 unspecified atom stereocenters. The highest BCUT2D eigenvalue weighted by atomic mass is 16.6. The molecule has 1 atom stereocenters. The Morgan fingerprint density at radius 3 is 1.06 bits per heavy atom. The Balaban J connectivity index is 4.55. The van der Waals surface area contributed by atoms with Crippen LogP contribution >= 0.6 is 0 Å². The van der Waals surface area contributed by atoms with Gasteiger partial charge in [0.15, 0.2) is 6.10 Å². The molecule has 0 aromatic rings. The number of ether oxygens (including phenoxy) is 3. The van der Waals surface area contributed by atoms with Crippen LogP contribution in [0.2, 0.25) is 0 Å². The van der Waals surface area contributed by atoms with Crippen molar-refractivity contribution in [1.82, 2.24) is 0 Å². The first-order valence-electron chi connectivity index (χ1n) is 25.0. The van der Waals surface area contributed by atoms with E-state index in [9.17, 15) is 14.4 Å². The summed E-state index contributed by atoms with van der Waals surface area (Å²) < 4.78 is 16.7. The molecule has 0 aromatic heterocycles. The van der Waals surface area contributed by atoms with Crippen LogP contribution in [0.3, 0.4) is 0 Å². The van der Waals surface area contributed by atoms with Gasteiger partial charge in [-0.1, -0.05) is 194 Å². The molecule has 0 heterocycles. The fraction of sp³-hybridized carbons (Fsp3) is 0.596. The minimum Gasteiger partial charge on any atom is -0.462 e. The number of esters is 3. The fourth-order valence-corrected chi connectivity index (χ4v) is 6.19. The summed E-state index contributed by atoms with van der Waals surface area (Å²) >= 11 is 0. The lowest BCUT2D eigenvalue weighted by atomic mass is 10.1. The molecule has 6 nitrogen and oxygen atoms in total. The summed E-state index contributed by atoms with van der Waals surface area (Å²) in [5, 5.41) is 0. The Hall–Kier alpha value is -4.19.